The normalized spacial score (nSPS) is 14.5. The summed E-state index contributed by atoms with van der Waals surface area (Å²) in [7, 11) is 0. The standard InChI is InChI=1S/C13H16N4.C2H6/c1-10-2-5-14-13-4-7-17(9-12(10)13)8-11-3-6-15-16-11;1-2/h2-3,5-6H,4,7-9H2,1H3,(H,15,16);1-2H3. The van der Waals surface area contributed by atoms with Gasteiger partial charge in [0.25, 0.3) is 0 Å². The minimum Gasteiger partial charge on any atom is -0.293 e. The van der Waals surface area contributed by atoms with Crippen molar-refractivity contribution in [1.82, 2.24) is 20.1 Å². The van der Waals surface area contributed by atoms with Crippen LogP contribution >= 0.6 is 0 Å². The number of hydrogen-bond acceptors (Lipinski definition) is 3. The van der Waals surface area contributed by atoms with Gasteiger partial charge in [-0.15, -0.1) is 0 Å². The number of aromatic amines is 1. The monoisotopic (exact) mass is 258 g/mol. The molecule has 4 nitrogen and oxygen atoms in total. The minimum absolute atomic E-state index is 0.938. The Labute approximate surface area is 114 Å². The molecular weight excluding hydrogens is 236 g/mol. The average molecular weight is 258 g/mol. The van der Waals surface area contributed by atoms with Crippen molar-refractivity contribution >= 4 is 0 Å². The zero-order valence-corrected chi connectivity index (χ0v) is 12.0. The van der Waals surface area contributed by atoms with Crippen molar-refractivity contribution in [3.8, 4) is 0 Å². The molecule has 0 atom stereocenters. The molecule has 1 aliphatic heterocycles. The van der Waals surface area contributed by atoms with Crippen LogP contribution < -0.4 is 0 Å². The van der Waals surface area contributed by atoms with Crippen molar-refractivity contribution in [2.24, 2.45) is 0 Å². The van der Waals surface area contributed by atoms with Crippen LogP contribution in [-0.2, 0) is 19.5 Å². The van der Waals surface area contributed by atoms with Gasteiger partial charge in [0.1, 0.15) is 0 Å². The molecule has 0 saturated carbocycles. The second-order valence-corrected chi connectivity index (χ2v) is 4.60. The van der Waals surface area contributed by atoms with Gasteiger partial charge in [-0.25, -0.2) is 0 Å². The minimum atomic E-state index is 0.938. The van der Waals surface area contributed by atoms with Crippen LogP contribution in [0.15, 0.2) is 24.5 Å². The number of H-pyrrole nitrogens is 1. The number of fused-ring (bicyclic) bond motifs is 1. The highest BCUT2D eigenvalue weighted by atomic mass is 15.2. The highest BCUT2D eigenvalue weighted by Crippen LogP contribution is 2.21. The first-order valence-corrected chi connectivity index (χ1v) is 6.97. The number of aromatic nitrogens is 3. The molecule has 4 heteroatoms. The van der Waals surface area contributed by atoms with Gasteiger partial charge in [0.05, 0.1) is 0 Å². The lowest BCUT2D eigenvalue weighted by Gasteiger charge is -2.28. The summed E-state index contributed by atoms with van der Waals surface area (Å²) in [6.45, 7) is 9.17. The van der Waals surface area contributed by atoms with E-state index in [1.807, 2.05) is 26.1 Å². The molecule has 0 saturated heterocycles. The summed E-state index contributed by atoms with van der Waals surface area (Å²) in [6, 6.07) is 4.13. The highest BCUT2D eigenvalue weighted by Gasteiger charge is 2.18. The Bertz CT molecular complexity index is 505. The summed E-state index contributed by atoms with van der Waals surface area (Å²) >= 11 is 0. The molecule has 0 amide bonds. The van der Waals surface area contributed by atoms with E-state index in [2.05, 4.69) is 33.1 Å². The maximum atomic E-state index is 4.46. The van der Waals surface area contributed by atoms with Crippen LogP contribution in [0.3, 0.4) is 0 Å². The van der Waals surface area contributed by atoms with Gasteiger partial charge in [0, 0.05) is 49.8 Å². The molecule has 1 aliphatic rings. The molecule has 0 bridgehead atoms. The third kappa shape index (κ3) is 3.20. The predicted octanol–water partition coefficient (Wildman–Crippen LogP) is 2.70. The number of hydrogen-bond donors (Lipinski definition) is 1. The van der Waals surface area contributed by atoms with Crippen molar-refractivity contribution in [3.05, 3.63) is 47.0 Å². The maximum absolute atomic E-state index is 4.46. The Balaban J connectivity index is 0.000000637. The van der Waals surface area contributed by atoms with E-state index in [1.165, 1.54) is 22.5 Å². The van der Waals surface area contributed by atoms with E-state index in [0.717, 1.165) is 26.1 Å². The highest BCUT2D eigenvalue weighted by molar-refractivity contribution is 5.30. The molecule has 19 heavy (non-hydrogen) atoms. The van der Waals surface area contributed by atoms with Crippen LogP contribution in [0.1, 0.15) is 36.4 Å². The number of nitrogens with zero attached hydrogens (tertiary/aromatic N) is 3. The quantitative estimate of drug-likeness (QED) is 0.900. The van der Waals surface area contributed by atoms with Crippen molar-refractivity contribution in [2.75, 3.05) is 6.54 Å². The van der Waals surface area contributed by atoms with E-state index in [9.17, 15) is 0 Å². The van der Waals surface area contributed by atoms with Crippen LogP contribution in [0.2, 0.25) is 0 Å². The molecule has 0 radical (unpaired) electrons. The van der Waals surface area contributed by atoms with E-state index in [4.69, 9.17) is 0 Å². The lowest BCUT2D eigenvalue weighted by molar-refractivity contribution is 0.240. The van der Waals surface area contributed by atoms with E-state index in [1.54, 1.807) is 6.20 Å². The van der Waals surface area contributed by atoms with Gasteiger partial charge in [-0.1, -0.05) is 13.8 Å². The molecule has 0 aliphatic carbocycles. The Morgan fingerprint density at radius 2 is 2.11 bits per heavy atom. The maximum Gasteiger partial charge on any atom is 0.0492 e. The number of aryl methyl sites for hydroxylation is 1. The average Bonchev–Trinajstić information content (AvgIpc) is 2.95. The summed E-state index contributed by atoms with van der Waals surface area (Å²) in [5.41, 5.74) is 5.20. The third-order valence-corrected chi connectivity index (χ3v) is 3.38. The zero-order chi connectivity index (χ0) is 13.7. The van der Waals surface area contributed by atoms with E-state index in [-0.39, 0.29) is 0 Å². The molecule has 3 rings (SSSR count). The van der Waals surface area contributed by atoms with Crippen molar-refractivity contribution in [2.45, 2.75) is 40.3 Å². The largest absolute Gasteiger partial charge is 0.293 e. The fraction of sp³-hybridized carbons (Fsp3) is 0.467. The SMILES string of the molecule is CC.Cc1ccnc2c1CN(Cc1ccn[nH]1)CC2. The molecule has 102 valence electrons. The Kier molecular flexibility index (Phi) is 4.68. The summed E-state index contributed by atoms with van der Waals surface area (Å²) in [4.78, 5) is 6.90. The zero-order valence-electron chi connectivity index (χ0n) is 12.0. The van der Waals surface area contributed by atoms with Crippen molar-refractivity contribution in [1.29, 1.82) is 0 Å². The van der Waals surface area contributed by atoms with Crippen LogP contribution in [-0.4, -0.2) is 26.6 Å². The number of nitrogens with one attached hydrogen (secondary N) is 1. The first-order valence-electron chi connectivity index (χ1n) is 6.97. The summed E-state index contributed by atoms with van der Waals surface area (Å²) < 4.78 is 0. The van der Waals surface area contributed by atoms with Crippen molar-refractivity contribution < 1.29 is 0 Å². The first-order chi connectivity index (χ1) is 9.33. The van der Waals surface area contributed by atoms with Crippen LogP contribution in [0.25, 0.3) is 0 Å². The topological polar surface area (TPSA) is 44.8 Å². The summed E-state index contributed by atoms with van der Waals surface area (Å²) in [5, 5.41) is 7.00. The Hall–Kier alpha value is -1.68. The van der Waals surface area contributed by atoms with Crippen LogP contribution in [0.5, 0.6) is 0 Å². The van der Waals surface area contributed by atoms with Gasteiger partial charge in [-0.2, -0.15) is 5.10 Å². The second kappa shape index (κ2) is 6.48. The van der Waals surface area contributed by atoms with Crippen LogP contribution in [0.4, 0.5) is 0 Å². The van der Waals surface area contributed by atoms with Gasteiger partial charge in [-0.05, 0) is 30.2 Å². The van der Waals surface area contributed by atoms with E-state index in [0.29, 0.717) is 0 Å². The molecule has 0 fully saturated rings. The van der Waals surface area contributed by atoms with Gasteiger partial charge < -0.3 is 0 Å². The molecular formula is C15H22N4. The number of rotatable bonds is 2. The van der Waals surface area contributed by atoms with Gasteiger partial charge in [0.15, 0.2) is 0 Å². The van der Waals surface area contributed by atoms with E-state index >= 15 is 0 Å². The molecule has 0 aromatic carbocycles. The molecule has 1 N–H and O–H groups in total. The molecule has 3 heterocycles. The van der Waals surface area contributed by atoms with Gasteiger partial charge in [-0.3, -0.25) is 15.0 Å². The molecule has 2 aromatic rings. The Morgan fingerprint density at radius 3 is 2.84 bits per heavy atom. The van der Waals surface area contributed by atoms with Gasteiger partial charge in [0.2, 0.25) is 0 Å². The molecule has 0 spiro atoms. The first kappa shape index (κ1) is 13.7. The van der Waals surface area contributed by atoms with Gasteiger partial charge >= 0.3 is 0 Å². The fourth-order valence-electron chi connectivity index (χ4n) is 2.39. The lowest BCUT2D eigenvalue weighted by atomic mass is 10.0. The van der Waals surface area contributed by atoms with Crippen LogP contribution in [0, 0.1) is 6.92 Å². The summed E-state index contributed by atoms with van der Waals surface area (Å²) in [5.74, 6) is 0. The lowest BCUT2D eigenvalue weighted by Crippen LogP contribution is -2.31. The molecule has 2 aromatic heterocycles. The smallest absolute Gasteiger partial charge is 0.0492 e. The summed E-state index contributed by atoms with van der Waals surface area (Å²) in [6.07, 6.45) is 4.77. The third-order valence-electron chi connectivity index (χ3n) is 3.38. The van der Waals surface area contributed by atoms with E-state index < -0.39 is 0 Å². The Morgan fingerprint density at radius 1 is 1.26 bits per heavy atom. The predicted molar refractivity (Wildman–Crippen MR) is 76.7 cm³/mol. The molecule has 0 unspecified atom stereocenters. The fourth-order valence-corrected chi connectivity index (χ4v) is 2.39. The van der Waals surface area contributed by atoms with Crippen molar-refractivity contribution in [3.63, 3.8) is 0 Å². The number of pyridine rings is 1. The second-order valence-electron chi connectivity index (χ2n) is 4.60.